The smallest absolute Gasteiger partial charge is 0.203 e. The van der Waals surface area contributed by atoms with Gasteiger partial charge in [-0.15, -0.1) is 0 Å². The van der Waals surface area contributed by atoms with Crippen molar-refractivity contribution in [3.63, 3.8) is 0 Å². The number of hydrogen-bond acceptors (Lipinski definition) is 3. The molecule has 1 aromatic heterocycles. The first-order chi connectivity index (χ1) is 6.67. The summed E-state index contributed by atoms with van der Waals surface area (Å²) in [6.07, 6.45) is 2.24. The predicted molar refractivity (Wildman–Crippen MR) is 57.6 cm³/mol. The lowest BCUT2D eigenvalue weighted by molar-refractivity contribution is 0.104. The van der Waals surface area contributed by atoms with Gasteiger partial charge in [0, 0.05) is 19.9 Å². The van der Waals surface area contributed by atoms with E-state index in [0.717, 1.165) is 24.7 Å². The Morgan fingerprint density at radius 1 is 1.64 bits per heavy atom. The number of ether oxygens (including phenoxy) is 1. The number of anilines is 1. The van der Waals surface area contributed by atoms with Crippen LogP contribution in [0.2, 0.25) is 0 Å². The second kappa shape index (κ2) is 5.00. The second-order valence-electron chi connectivity index (χ2n) is 3.43. The third-order valence-corrected chi connectivity index (χ3v) is 2.09. The highest BCUT2D eigenvalue weighted by molar-refractivity contribution is 5.28. The molecule has 0 fully saturated rings. The summed E-state index contributed by atoms with van der Waals surface area (Å²) in [6.45, 7) is 7.82. The van der Waals surface area contributed by atoms with Crippen molar-refractivity contribution in [1.29, 1.82) is 0 Å². The summed E-state index contributed by atoms with van der Waals surface area (Å²) in [5, 5.41) is 3.22. The van der Waals surface area contributed by atoms with E-state index in [1.807, 2.05) is 20.0 Å². The minimum Gasteiger partial charge on any atom is -0.380 e. The molecule has 80 valence electrons. The zero-order chi connectivity index (χ0) is 10.6. The van der Waals surface area contributed by atoms with E-state index in [2.05, 4.69) is 21.8 Å². The van der Waals surface area contributed by atoms with Crippen LogP contribution in [-0.2, 0) is 11.3 Å². The van der Waals surface area contributed by atoms with Gasteiger partial charge < -0.3 is 14.6 Å². The Bertz CT molecular complexity index is 283. The van der Waals surface area contributed by atoms with Gasteiger partial charge in [-0.3, -0.25) is 0 Å². The molecule has 0 radical (unpaired) electrons. The Hall–Kier alpha value is -1.03. The molecule has 1 N–H and O–H groups in total. The lowest BCUT2D eigenvalue weighted by atomic mass is 10.4. The number of aryl methyl sites for hydroxylation is 1. The molecule has 1 unspecified atom stereocenters. The first-order valence-corrected chi connectivity index (χ1v) is 4.97. The Morgan fingerprint density at radius 3 is 2.93 bits per heavy atom. The molecular formula is C10H19N3O. The fraction of sp³-hybridized carbons (Fsp3) is 0.700. The average molecular weight is 197 g/mol. The summed E-state index contributed by atoms with van der Waals surface area (Å²) < 4.78 is 7.31. The van der Waals surface area contributed by atoms with Crippen molar-refractivity contribution in [3.8, 4) is 0 Å². The van der Waals surface area contributed by atoms with Crippen molar-refractivity contribution in [2.45, 2.75) is 33.4 Å². The van der Waals surface area contributed by atoms with E-state index in [0.29, 0.717) is 0 Å². The van der Waals surface area contributed by atoms with Crippen molar-refractivity contribution in [1.82, 2.24) is 9.55 Å². The van der Waals surface area contributed by atoms with Crippen molar-refractivity contribution in [2.75, 3.05) is 19.0 Å². The summed E-state index contributed by atoms with van der Waals surface area (Å²) in [4.78, 5) is 4.38. The summed E-state index contributed by atoms with van der Waals surface area (Å²) >= 11 is 0. The molecule has 0 amide bonds. The van der Waals surface area contributed by atoms with Gasteiger partial charge >= 0.3 is 0 Å². The summed E-state index contributed by atoms with van der Waals surface area (Å²) in [5.41, 5.74) is 1.03. The first kappa shape index (κ1) is 11.0. The van der Waals surface area contributed by atoms with Gasteiger partial charge in [-0.05, 0) is 20.8 Å². The Labute approximate surface area is 85.3 Å². The number of rotatable bonds is 5. The van der Waals surface area contributed by atoms with Crippen LogP contribution in [-0.4, -0.2) is 29.3 Å². The minimum absolute atomic E-state index is 0.209. The van der Waals surface area contributed by atoms with Crippen LogP contribution in [0.5, 0.6) is 0 Å². The molecule has 4 nitrogen and oxygen atoms in total. The van der Waals surface area contributed by atoms with E-state index in [1.165, 1.54) is 0 Å². The van der Waals surface area contributed by atoms with Gasteiger partial charge in [0.25, 0.3) is 0 Å². The molecule has 0 saturated heterocycles. The van der Waals surface area contributed by atoms with Crippen molar-refractivity contribution in [2.24, 2.45) is 0 Å². The molecule has 0 saturated carbocycles. The maximum Gasteiger partial charge on any atom is 0.203 e. The molecule has 0 aliphatic heterocycles. The molecule has 1 heterocycles. The molecule has 0 bridgehead atoms. The van der Waals surface area contributed by atoms with E-state index in [-0.39, 0.29) is 6.10 Å². The molecule has 1 aromatic rings. The zero-order valence-corrected chi connectivity index (χ0v) is 9.37. The van der Waals surface area contributed by atoms with E-state index < -0.39 is 0 Å². The molecule has 0 aliphatic carbocycles. The fourth-order valence-electron chi connectivity index (χ4n) is 1.34. The van der Waals surface area contributed by atoms with Gasteiger partial charge in [0.05, 0.1) is 18.3 Å². The van der Waals surface area contributed by atoms with Gasteiger partial charge in [0.2, 0.25) is 5.95 Å². The average Bonchev–Trinajstić information content (AvgIpc) is 2.47. The Kier molecular flexibility index (Phi) is 3.95. The second-order valence-corrected chi connectivity index (χ2v) is 3.43. The number of nitrogens with one attached hydrogen (secondary N) is 1. The van der Waals surface area contributed by atoms with Crippen LogP contribution in [0.25, 0.3) is 0 Å². The summed E-state index contributed by atoms with van der Waals surface area (Å²) in [7, 11) is 1.72. The van der Waals surface area contributed by atoms with Crippen LogP contribution in [0.3, 0.4) is 0 Å². The minimum atomic E-state index is 0.209. The standard InChI is InChI=1S/C10H19N3O/c1-5-11-10-12-8(2)6-13(10)7-9(3)14-4/h6,9H,5,7H2,1-4H3,(H,11,12). The van der Waals surface area contributed by atoms with Crippen molar-refractivity contribution in [3.05, 3.63) is 11.9 Å². The summed E-state index contributed by atoms with van der Waals surface area (Å²) in [5.74, 6) is 0.925. The molecule has 0 aromatic carbocycles. The highest BCUT2D eigenvalue weighted by Crippen LogP contribution is 2.09. The van der Waals surface area contributed by atoms with Crippen molar-refractivity contribution < 1.29 is 4.74 Å². The lowest BCUT2D eigenvalue weighted by Crippen LogP contribution is -2.16. The highest BCUT2D eigenvalue weighted by Gasteiger charge is 2.07. The van der Waals surface area contributed by atoms with E-state index in [9.17, 15) is 0 Å². The van der Waals surface area contributed by atoms with Gasteiger partial charge in [-0.25, -0.2) is 4.98 Å². The number of nitrogens with zero attached hydrogens (tertiary/aromatic N) is 2. The third-order valence-electron chi connectivity index (χ3n) is 2.09. The molecule has 0 aliphatic rings. The molecule has 4 heteroatoms. The van der Waals surface area contributed by atoms with Gasteiger partial charge in [-0.1, -0.05) is 0 Å². The molecule has 0 spiro atoms. The maximum atomic E-state index is 5.22. The number of aromatic nitrogens is 2. The number of imidazole rings is 1. The number of methoxy groups -OCH3 is 1. The predicted octanol–water partition coefficient (Wildman–Crippen LogP) is 1.66. The van der Waals surface area contributed by atoms with Gasteiger partial charge in [0.15, 0.2) is 0 Å². The van der Waals surface area contributed by atoms with E-state index >= 15 is 0 Å². The molecular weight excluding hydrogens is 178 g/mol. The van der Waals surface area contributed by atoms with Crippen molar-refractivity contribution >= 4 is 5.95 Å². The van der Waals surface area contributed by atoms with Gasteiger partial charge in [0.1, 0.15) is 0 Å². The van der Waals surface area contributed by atoms with Crippen LogP contribution in [0.1, 0.15) is 19.5 Å². The normalized spacial score (nSPS) is 12.9. The SMILES string of the molecule is CCNc1nc(C)cn1CC(C)OC. The molecule has 1 atom stereocenters. The molecule has 14 heavy (non-hydrogen) atoms. The quantitative estimate of drug-likeness (QED) is 0.780. The van der Waals surface area contributed by atoms with Crippen LogP contribution < -0.4 is 5.32 Å². The summed E-state index contributed by atoms with van der Waals surface area (Å²) in [6, 6.07) is 0. The van der Waals surface area contributed by atoms with Crippen LogP contribution >= 0.6 is 0 Å². The largest absolute Gasteiger partial charge is 0.380 e. The van der Waals surface area contributed by atoms with E-state index in [4.69, 9.17) is 4.74 Å². The highest BCUT2D eigenvalue weighted by atomic mass is 16.5. The van der Waals surface area contributed by atoms with Gasteiger partial charge in [-0.2, -0.15) is 0 Å². The Morgan fingerprint density at radius 2 is 2.36 bits per heavy atom. The van der Waals surface area contributed by atoms with E-state index in [1.54, 1.807) is 7.11 Å². The zero-order valence-electron chi connectivity index (χ0n) is 9.37. The number of hydrogen-bond donors (Lipinski definition) is 1. The first-order valence-electron chi connectivity index (χ1n) is 4.97. The molecule has 1 rings (SSSR count). The van der Waals surface area contributed by atoms with Crippen LogP contribution in [0.4, 0.5) is 5.95 Å². The van der Waals surface area contributed by atoms with Crippen LogP contribution in [0.15, 0.2) is 6.20 Å². The fourth-order valence-corrected chi connectivity index (χ4v) is 1.34. The third kappa shape index (κ3) is 2.73. The topological polar surface area (TPSA) is 39.1 Å². The maximum absolute atomic E-state index is 5.22. The monoisotopic (exact) mass is 197 g/mol. The Balaban J connectivity index is 2.73. The lowest BCUT2D eigenvalue weighted by Gasteiger charge is -2.12. The van der Waals surface area contributed by atoms with Crippen LogP contribution in [0, 0.1) is 6.92 Å².